The zero-order valence-corrected chi connectivity index (χ0v) is 7.70. The minimum Gasteiger partial charge on any atom is -0.504 e. The van der Waals surface area contributed by atoms with Crippen molar-refractivity contribution in [3.63, 3.8) is 0 Å². The number of aliphatic hydroxyl groups is 1. The van der Waals surface area contributed by atoms with Gasteiger partial charge in [0.15, 0.2) is 11.5 Å². The van der Waals surface area contributed by atoms with Crippen molar-refractivity contribution >= 4 is 0 Å². The van der Waals surface area contributed by atoms with Crippen molar-refractivity contribution in [2.45, 2.75) is 12.0 Å². The molecule has 1 aromatic rings. The van der Waals surface area contributed by atoms with E-state index in [1.54, 1.807) is 6.07 Å². The average Bonchev–Trinajstić information content (AvgIpc) is 2.09. The number of phenolic OH excluding ortho intramolecular Hbond substituents is 2. The predicted octanol–water partition coefficient (Wildman–Crippen LogP) is -0.0254. The number of β-amino-alcohol motifs (C(OH)–C–C–N with tert-alkyl or cyclic N) is 1. The summed E-state index contributed by atoms with van der Waals surface area (Å²) in [6.07, 6.45) is 0.494. The Morgan fingerprint density at radius 2 is 1.93 bits per heavy atom. The maximum absolute atomic E-state index is 9.82. The van der Waals surface area contributed by atoms with Gasteiger partial charge in [-0.15, -0.1) is 0 Å². The lowest BCUT2D eigenvalue weighted by Crippen LogP contribution is -2.60. The van der Waals surface area contributed by atoms with E-state index >= 15 is 0 Å². The van der Waals surface area contributed by atoms with Gasteiger partial charge in [-0.2, -0.15) is 0 Å². The summed E-state index contributed by atoms with van der Waals surface area (Å²) in [5, 5.41) is 31.1. The third-order valence-electron chi connectivity index (χ3n) is 2.48. The van der Waals surface area contributed by atoms with E-state index in [4.69, 9.17) is 5.11 Å². The predicted molar refractivity (Wildman–Crippen MR) is 51.3 cm³/mol. The molecule has 1 fully saturated rings. The molecule has 0 amide bonds. The fourth-order valence-corrected chi connectivity index (χ4v) is 1.60. The molecule has 0 saturated carbocycles. The number of nitrogens with one attached hydrogen (secondary N) is 1. The Balaban J connectivity index is 2.13. The van der Waals surface area contributed by atoms with E-state index in [0.717, 1.165) is 5.56 Å². The van der Waals surface area contributed by atoms with Crippen LogP contribution in [0.25, 0.3) is 0 Å². The highest BCUT2D eigenvalue weighted by atomic mass is 16.3. The van der Waals surface area contributed by atoms with Gasteiger partial charge in [-0.25, -0.2) is 0 Å². The molecule has 0 atom stereocenters. The van der Waals surface area contributed by atoms with E-state index in [-0.39, 0.29) is 11.5 Å². The molecule has 4 nitrogen and oxygen atoms in total. The number of aromatic hydroxyl groups is 2. The highest BCUT2D eigenvalue weighted by Crippen LogP contribution is 2.27. The fraction of sp³-hybridized carbons (Fsp3) is 0.400. The lowest BCUT2D eigenvalue weighted by Gasteiger charge is -2.37. The average molecular weight is 195 g/mol. The maximum atomic E-state index is 9.82. The summed E-state index contributed by atoms with van der Waals surface area (Å²) in [6, 6.07) is 4.61. The standard InChI is InChI=1S/C10H13NO3/c12-8-2-1-7(3-9(8)13)4-10(14)5-11-6-10/h1-3,11-14H,4-6H2. The first-order chi connectivity index (χ1) is 6.59. The Morgan fingerprint density at radius 3 is 2.43 bits per heavy atom. The van der Waals surface area contributed by atoms with Crippen LogP contribution in [0.15, 0.2) is 18.2 Å². The van der Waals surface area contributed by atoms with Gasteiger partial charge in [0.05, 0.1) is 5.60 Å². The summed E-state index contributed by atoms with van der Waals surface area (Å²) in [7, 11) is 0. The van der Waals surface area contributed by atoms with Crippen molar-refractivity contribution in [1.29, 1.82) is 0 Å². The maximum Gasteiger partial charge on any atom is 0.157 e. The third kappa shape index (κ3) is 1.66. The normalized spacial score (nSPS) is 18.9. The SMILES string of the molecule is Oc1ccc(CC2(O)CNC2)cc1O. The van der Waals surface area contributed by atoms with Gasteiger partial charge in [0, 0.05) is 19.5 Å². The molecule has 0 spiro atoms. The molecular weight excluding hydrogens is 182 g/mol. The summed E-state index contributed by atoms with van der Waals surface area (Å²) in [6.45, 7) is 1.16. The Bertz CT molecular complexity index is 347. The molecule has 4 heteroatoms. The first kappa shape index (κ1) is 9.30. The minimum atomic E-state index is -0.691. The minimum absolute atomic E-state index is 0.132. The molecule has 76 valence electrons. The van der Waals surface area contributed by atoms with Crippen molar-refractivity contribution in [2.24, 2.45) is 0 Å². The van der Waals surface area contributed by atoms with Gasteiger partial charge in [0.1, 0.15) is 0 Å². The van der Waals surface area contributed by atoms with Gasteiger partial charge < -0.3 is 20.6 Å². The molecule has 1 aliphatic heterocycles. The molecule has 1 aliphatic rings. The van der Waals surface area contributed by atoms with E-state index in [9.17, 15) is 10.2 Å². The molecule has 0 bridgehead atoms. The van der Waals surface area contributed by atoms with Gasteiger partial charge >= 0.3 is 0 Å². The van der Waals surface area contributed by atoms with E-state index < -0.39 is 5.60 Å². The highest BCUT2D eigenvalue weighted by molar-refractivity contribution is 5.41. The molecule has 2 rings (SSSR count). The van der Waals surface area contributed by atoms with Crippen LogP contribution in [0, 0.1) is 0 Å². The van der Waals surface area contributed by atoms with Crippen molar-refractivity contribution in [1.82, 2.24) is 5.32 Å². The first-order valence-corrected chi connectivity index (χ1v) is 4.53. The van der Waals surface area contributed by atoms with Crippen LogP contribution >= 0.6 is 0 Å². The number of hydrogen-bond acceptors (Lipinski definition) is 4. The number of rotatable bonds is 2. The second-order valence-electron chi connectivity index (χ2n) is 3.83. The summed E-state index contributed by atoms with van der Waals surface area (Å²) >= 11 is 0. The van der Waals surface area contributed by atoms with Crippen LogP contribution in [0.5, 0.6) is 11.5 Å². The van der Waals surface area contributed by atoms with Crippen LogP contribution in [0.2, 0.25) is 0 Å². The lowest BCUT2D eigenvalue weighted by molar-refractivity contribution is -0.00905. The number of hydrogen-bond donors (Lipinski definition) is 4. The smallest absolute Gasteiger partial charge is 0.157 e. The molecule has 1 aromatic carbocycles. The third-order valence-corrected chi connectivity index (χ3v) is 2.48. The topological polar surface area (TPSA) is 72.7 Å². The molecule has 1 saturated heterocycles. The van der Waals surface area contributed by atoms with Crippen LogP contribution in [0.4, 0.5) is 0 Å². The second kappa shape index (κ2) is 3.15. The Labute approximate surface area is 81.8 Å². The largest absolute Gasteiger partial charge is 0.504 e. The number of phenols is 2. The first-order valence-electron chi connectivity index (χ1n) is 4.53. The molecule has 14 heavy (non-hydrogen) atoms. The van der Waals surface area contributed by atoms with Crippen LogP contribution < -0.4 is 5.32 Å². The Morgan fingerprint density at radius 1 is 1.21 bits per heavy atom. The zero-order chi connectivity index (χ0) is 10.2. The van der Waals surface area contributed by atoms with Gasteiger partial charge in [0.25, 0.3) is 0 Å². The van der Waals surface area contributed by atoms with Gasteiger partial charge in [-0.1, -0.05) is 6.07 Å². The van der Waals surface area contributed by atoms with Gasteiger partial charge in [-0.05, 0) is 17.7 Å². The van der Waals surface area contributed by atoms with Gasteiger partial charge in [0.2, 0.25) is 0 Å². The van der Waals surface area contributed by atoms with Crippen LogP contribution in [0.3, 0.4) is 0 Å². The molecule has 4 N–H and O–H groups in total. The Hall–Kier alpha value is -1.26. The van der Waals surface area contributed by atoms with Gasteiger partial charge in [-0.3, -0.25) is 0 Å². The summed E-state index contributed by atoms with van der Waals surface area (Å²) in [5.41, 5.74) is 0.132. The summed E-state index contributed by atoms with van der Waals surface area (Å²) in [5.74, 6) is -0.272. The van der Waals surface area contributed by atoms with E-state index in [1.165, 1.54) is 12.1 Å². The van der Waals surface area contributed by atoms with E-state index in [1.807, 2.05) is 0 Å². The molecule has 0 aromatic heterocycles. The molecular formula is C10H13NO3. The lowest BCUT2D eigenvalue weighted by atomic mass is 9.89. The molecule has 1 heterocycles. The van der Waals surface area contributed by atoms with Crippen molar-refractivity contribution in [2.75, 3.05) is 13.1 Å². The number of benzene rings is 1. The zero-order valence-electron chi connectivity index (χ0n) is 7.70. The Kier molecular flexibility index (Phi) is 2.09. The van der Waals surface area contributed by atoms with Crippen molar-refractivity contribution in [3.05, 3.63) is 23.8 Å². The summed E-state index contributed by atoms with van der Waals surface area (Å²) < 4.78 is 0. The molecule has 0 radical (unpaired) electrons. The van der Waals surface area contributed by atoms with Crippen molar-refractivity contribution < 1.29 is 15.3 Å². The van der Waals surface area contributed by atoms with Crippen LogP contribution in [-0.2, 0) is 6.42 Å². The molecule has 0 aliphatic carbocycles. The van der Waals surface area contributed by atoms with E-state index in [2.05, 4.69) is 5.32 Å². The highest BCUT2D eigenvalue weighted by Gasteiger charge is 2.34. The van der Waals surface area contributed by atoms with Crippen LogP contribution in [-0.4, -0.2) is 34.0 Å². The second-order valence-corrected chi connectivity index (χ2v) is 3.83. The fourth-order valence-electron chi connectivity index (χ4n) is 1.60. The quantitative estimate of drug-likeness (QED) is 0.500. The monoisotopic (exact) mass is 195 g/mol. The summed E-state index contributed by atoms with van der Waals surface area (Å²) in [4.78, 5) is 0. The van der Waals surface area contributed by atoms with Crippen LogP contribution in [0.1, 0.15) is 5.56 Å². The van der Waals surface area contributed by atoms with E-state index in [0.29, 0.717) is 19.5 Å². The molecule has 0 unspecified atom stereocenters. The van der Waals surface area contributed by atoms with Crippen molar-refractivity contribution in [3.8, 4) is 11.5 Å².